The molecule has 1 saturated heterocycles. The van der Waals surface area contributed by atoms with Gasteiger partial charge < -0.3 is 29.4 Å². The van der Waals surface area contributed by atoms with Crippen molar-refractivity contribution < 1.29 is 14.4 Å². The first-order valence-electron chi connectivity index (χ1n) is 10.8. The molecule has 0 bridgehead atoms. The topological polar surface area (TPSA) is 107 Å². The Labute approximate surface area is 202 Å². The van der Waals surface area contributed by atoms with Crippen LogP contribution in [0.3, 0.4) is 0 Å². The Morgan fingerprint density at radius 3 is 2.59 bits per heavy atom. The summed E-state index contributed by atoms with van der Waals surface area (Å²) in [5.41, 5.74) is 0.975. The highest BCUT2D eigenvalue weighted by molar-refractivity contribution is 7.99. The fraction of sp³-hybridized carbons (Fsp3) is 0.348. The van der Waals surface area contributed by atoms with Crippen LogP contribution in [-0.4, -0.2) is 65.1 Å². The summed E-state index contributed by atoms with van der Waals surface area (Å²) >= 11 is 1.35. The average molecular weight is 483 g/mol. The van der Waals surface area contributed by atoms with E-state index in [9.17, 15) is 10.1 Å². The lowest BCUT2D eigenvalue weighted by Gasteiger charge is -2.21. The highest BCUT2D eigenvalue weighted by Gasteiger charge is 2.26. The molecular formula is C23H26N6O4S. The van der Waals surface area contributed by atoms with Crippen LogP contribution in [0, 0.1) is 10.1 Å². The normalized spacial score (nSPS) is 15.5. The van der Waals surface area contributed by atoms with Gasteiger partial charge in [-0.05, 0) is 54.2 Å². The van der Waals surface area contributed by atoms with Crippen LogP contribution in [0.15, 0.2) is 58.6 Å². The minimum Gasteiger partial charge on any atom is -0.497 e. The van der Waals surface area contributed by atoms with Crippen molar-refractivity contribution in [2.24, 2.45) is 0 Å². The predicted octanol–water partition coefficient (Wildman–Crippen LogP) is 3.66. The fourth-order valence-corrected chi connectivity index (χ4v) is 4.35. The molecule has 1 aromatic carbocycles. The molecule has 0 aliphatic carbocycles. The van der Waals surface area contributed by atoms with Gasteiger partial charge in [0.2, 0.25) is 11.8 Å². The van der Waals surface area contributed by atoms with Crippen LogP contribution in [0.2, 0.25) is 0 Å². The van der Waals surface area contributed by atoms with Crippen molar-refractivity contribution in [1.29, 1.82) is 0 Å². The van der Waals surface area contributed by atoms with E-state index in [0.717, 1.165) is 35.7 Å². The molecule has 0 radical (unpaired) electrons. The Bertz CT molecular complexity index is 1130. The standard InChI is InChI=1S/C23H26N6O4S/c1-27(2)17-10-11-28(14-17)23-25-13-20(34-19-8-9-21(24-12-19)29(30)31)22(26-23)33-15-16-4-6-18(32-3)7-5-16/h4-9,12-13,17H,10-11,14-15H2,1-3H3. The van der Waals surface area contributed by atoms with Crippen LogP contribution in [0.5, 0.6) is 11.6 Å². The second-order valence-corrected chi connectivity index (χ2v) is 9.15. The summed E-state index contributed by atoms with van der Waals surface area (Å²) in [5.74, 6) is 1.66. The zero-order valence-corrected chi connectivity index (χ0v) is 20.1. The van der Waals surface area contributed by atoms with Crippen LogP contribution in [0.4, 0.5) is 11.8 Å². The van der Waals surface area contributed by atoms with Gasteiger partial charge in [-0.25, -0.2) is 4.98 Å². The molecule has 0 saturated carbocycles. The summed E-state index contributed by atoms with van der Waals surface area (Å²) in [6.07, 6.45) is 4.25. The lowest BCUT2D eigenvalue weighted by molar-refractivity contribution is -0.389. The van der Waals surface area contributed by atoms with Crippen LogP contribution in [-0.2, 0) is 6.61 Å². The highest BCUT2D eigenvalue weighted by atomic mass is 32.2. The first-order chi connectivity index (χ1) is 16.4. The molecule has 1 aliphatic heterocycles. The van der Waals surface area contributed by atoms with Crippen molar-refractivity contribution in [3.63, 3.8) is 0 Å². The summed E-state index contributed by atoms with van der Waals surface area (Å²) in [6.45, 7) is 2.05. The van der Waals surface area contributed by atoms with E-state index in [2.05, 4.69) is 33.9 Å². The number of nitrogens with zero attached hydrogens (tertiary/aromatic N) is 6. The van der Waals surface area contributed by atoms with E-state index in [1.165, 1.54) is 24.0 Å². The number of anilines is 1. The van der Waals surface area contributed by atoms with Crippen molar-refractivity contribution in [1.82, 2.24) is 19.9 Å². The average Bonchev–Trinajstić information content (AvgIpc) is 3.35. The first-order valence-corrected chi connectivity index (χ1v) is 11.6. The number of likely N-dealkylation sites (N-methyl/N-ethyl adjacent to an activating group) is 1. The van der Waals surface area contributed by atoms with Gasteiger partial charge in [0.1, 0.15) is 12.4 Å². The second-order valence-electron chi connectivity index (χ2n) is 8.04. The van der Waals surface area contributed by atoms with Gasteiger partial charge in [0, 0.05) is 25.2 Å². The van der Waals surface area contributed by atoms with E-state index in [-0.39, 0.29) is 5.82 Å². The zero-order chi connectivity index (χ0) is 24.1. The molecule has 1 aliphatic rings. The third-order valence-corrected chi connectivity index (χ3v) is 6.53. The van der Waals surface area contributed by atoms with Gasteiger partial charge in [-0.2, -0.15) is 4.98 Å². The smallest absolute Gasteiger partial charge is 0.363 e. The Kier molecular flexibility index (Phi) is 7.43. The molecule has 178 valence electrons. The molecule has 3 heterocycles. The van der Waals surface area contributed by atoms with E-state index in [0.29, 0.717) is 29.4 Å². The molecule has 34 heavy (non-hydrogen) atoms. The molecule has 3 aromatic rings. The van der Waals surface area contributed by atoms with Gasteiger partial charge in [-0.1, -0.05) is 23.9 Å². The van der Waals surface area contributed by atoms with E-state index in [4.69, 9.17) is 14.5 Å². The summed E-state index contributed by atoms with van der Waals surface area (Å²) in [6, 6.07) is 11.1. The molecule has 11 heteroatoms. The van der Waals surface area contributed by atoms with Gasteiger partial charge in [0.05, 0.1) is 23.1 Å². The van der Waals surface area contributed by atoms with Gasteiger partial charge in [0.25, 0.3) is 0 Å². The maximum absolute atomic E-state index is 10.9. The SMILES string of the molecule is COc1ccc(COc2nc(N3CCC(N(C)C)C3)ncc2Sc2ccc([N+](=O)[O-])nc2)cc1. The number of pyridine rings is 1. The fourth-order valence-electron chi connectivity index (χ4n) is 3.56. The Morgan fingerprint density at radius 1 is 1.18 bits per heavy atom. The number of rotatable bonds is 9. The summed E-state index contributed by atoms with van der Waals surface area (Å²) < 4.78 is 11.3. The number of aromatic nitrogens is 3. The molecule has 1 fully saturated rings. The molecule has 2 aromatic heterocycles. The van der Waals surface area contributed by atoms with Crippen molar-refractivity contribution in [3.05, 3.63) is 64.5 Å². The van der Waals surface area contributed by atoms with Crippen LogP contribution < -0.4 is 14.4 Å². The predicted molar refractivity (Wildman–Crippen MR) is 129 cm³/mol. The van der Waals surface area contributed by atoms with Crippen LogP contribution >= 0.6 is 11.8 Å². The van der Waals surface area contributed by atoms with Crippen molar-refractivity contribution in [2.45, 2.75) is 28.9 Å². The number of nitro groups is 1. The Morgan fingerprint density at radius 2 is 1.97 bits per heavy atom. The largest absolute Gasteiger partial charge is 0.497 e. The first kappa shape index (κ1) is 23.7. The molecule has 1 atom stereocenters. The molecular weight excluding hydrogens is 456 g/mol. The lowest BCUT2D eigenvalue weighted by Crippen LogP contribution is -2.32. The third kappa shape index (κ3) is 5.72. The third-order valence-electron chi connectivity index (χ3n) is 5.56. The molecule has 4 rings (SSSR count). The Balaban J connectivity index is 1.56. The minimum atomic E-state index is -0.521. The van der Waals surface area contributed by atoms with E-state index in [1.54, 1.807) is 19.4 Å². The van der Waals surface area contributed by atoms with Gasteiger partial charge in [-0.15, -0.1) is 0 Å². The molecule has 0 N–H and O–H groups in total. The van der Waals surface area contributed by atoms with Crippen molar-refractivity contribution in [2.75, 3.05) is 39.2 Å². The summed E-state index contributed by atoms with van der Waals surface area (Å²) in [4.78, 5) is 29.4. The maximum Gasteiger partial charge on any atom is 0.363 e. The van der Waals surface area contributed by atoms with Crippen molar-refractivity contribution in [3.8, 4) is 11.6 Å². The monoisotopic (exact) mass is 482 g/mol. The number of hydrogen-bond acceptors (Lipinski definition) is 10. The Hall–Kier alpha value is -3.44. The molecule has 0 spiro atoms. The number of methoxy groups -OCH3 is 1. The summed E-state index contributed by atoms with van der Waals surface area (Å²) in [5, 5.41) is 10.9. The number of hydrogen-bond donors (Lipinski definition) is 0. The highest BCUT2D eigenvalue weighted by Crippen LogP contribution is 2.35. The van der Waals surface area contributed by atoms with E-state index >= 15 is 0 Å². The van der Waals surface area contributed by atoms with Gasteiger partial charge in [-0.3, -0.25) is 0 Å². The molecule has 0 amide bonds. The van der Waals surface area contributed by atoms with Gasteiger partial charge in [0.15, 0.2) is 6.20 Å². The molecule has 10 nitrogen and oxygen atoms in total. The van der Waals surface area contributed by atoms with Crippen molar-refractivity contribution >= 4 is 23.5 Å². The van der Waals surface area contributed by atoms with Gasteiger partial charge >= 0.3 is 5.82 Å². The minimum absolute atomic E-state index is 0.198. The van der Waals surface area contributed by atoms with E-state index < -0.39 is 4.92 Å². The lowest BCUT2D eigenvalue weighted by atomic mass is 10.2. The summed E-state index contributed by atoms with van der Waals surface area (Å²) in [7, 11) is 5.79. The molecule has 1 unspecified atom stereocenters. The number of benzene rings is 1. The quantitative estimate of drug-likeness (QED) is 0.331. The van der Waals surface area contributed by atoms with E-state index in [1.807, 2.05) is 24.3 Å². The zero-order valence-electron chi connectivity index (χ0n) is 19.2. The van der Waals surface area contributed by atoms with Crippen LogP contribution in [0.25, 0.3) is 0 Å². The number of ether oxygens (including phenoxy) is 2. The maximum atomic E-state index is 10.9. The van der Waals surface area contributed by atoms with Crippen LogP contribution in [0.1, 0.15) is 12.0 Å². The second kappa shape index (κ2) is 10.7.